The molecule has 2 atom stereocenters. The lowest BCUT2D eigenvalue weighted by Gasteiger charge is -2.45. The number of carbonyl (C=O) groups excluding carboxylic acids is 1. The predicted molar refractivity (Wildman–Crippen MR) is 105 cm³/mol. The van der Waals surface area contributed by atoms with Gasteiger partial charge < -0.3 is 15.4 Å². The number of nitrogens with zero attached hydrogens (tertiary/aromatic N) is 1. The minimum atomic E-state index is -0.317. The Bertz CT molecular complexity index is 504. The van der Waals surface area contributed by atoms with Crippen molar-refractivity contribution in [2.75, 3.05) is 6.54 Å². The van der Waals surface area contributed by atoms with E-state index in [9.17, 15) is 4.79 Å². The fourth-order valence-electron chi connectivity index (χ4n) is 3.49. The van der Waals surface area contributed by atoms with Crippen LogP contribution in [0, 0.1) is 29.6 Å². The molecule has 4 heteroatoms. The largest absolute Gasteiger partial charge is 0.492 e. The number of hydrogen-bond acceptors (Lipinski definition) is 3. The Hall–Kier alpha value is -1.03. The first-order valence-corrected chi connectivity index (χ1v) is 9.82. The molecule has 0 fully saturated rings. The monoisotopic (exact) mass is 352 g/mol. The third kappa shape index (κ3) is 4.21. The molecule has 1 aliphatic heterocycles. The Morgan fingerprint density at radius 2 is 1.56 bits per heavy atom. The molecular weight excluding hydrogens is 312 g/mol. The Labute approximate surface area is 155 Å². The molecule has 0 saturated carbocycles. The maximum Gasteiger partial charge on any atom is 0.235 e. The van der Waals surface area contributed by atoms with E-state index in [4.69, 9.17) is 10.5 Å². The number of amides is 1. The van der Waals surface area contributed by atoms with Gasteiger partial charge in [0.15, 0.2) is 0 Å². The quantitative estimate of drug-likeness (QED) is 0.770. The van der Waals surface area contributed by atoms with Crippen molar-refractivity contribution in [2.24, 2.45) is 35.3 Å². The fourth-order valence-corrected chi connectivity index (χ4v) is 3.49. The second-order valence-electron chi connectivity index (χ2n) is 9.21. The third-order valence-electron chi connectivity index (χ3n) is 5.66. The lowest BCUT2D eigenvalue weighted by atomic mass is 9.84. The smallest absolute Gasteiger partial charge is 0.235 e. The second-order valence-corrected chi connectivity index (χ2v) is 9.21. The lowest BCUT2D eigenvalue weighted by Crippen LogP contribution is -2.55. The van der Waals surface area contributed by atoms with Crippen molar-refractivity contribution in [3.63, 3.8) is 0 Å². The number of ether oxygens (including phenoxy) is 1. The summed E-state index contributed by atoms with van der Waals surface area (Å²) in [6, 6.07) is 0. The Balaban J connectivity index is 3.73. The normalized spacial score (nSPS) is 23.2. The van der Waals surface area contributed by atoms with Gasteiger partial charge in [0.1, 0.15) is 11.9 Å². The van der Waals surface area contributed by atoms with Crippen LogP contribution in [-0.4, -0.2) is 29.0 Å². The van der Waals surface area contributed by atoms with Crippen LogP contribution in [0.1, 0.15) is 69.2 Å². The molecule has 0 saturated heterocycles. The van der Waals surface area contributed by atoms with Crippen molar-refractivity contribution >= 4 is 5.91 Å². The molecule has 146 valence electrons. The van der Waals surface area contributed by atoms with Gasteiger partial charge in [0.05, 0.1) is 11.6 Å². The SMILES string of the molecule is CC(C)C1=C(C(C)C)N(C(C)(C)C(C)C)C(=O)C(CN)C(C(C)C)O1. The van der Waals surface area contributed by atoms with Crippen molar-refractivity contribution < 1.29 is 9.53 Å². The van der Waals surface area contributed by atoms with Crippen molar-refractivity contribution in [2.45, 2.75) is 80.9 Å². The molecular formula is C21H40N2O2. The Kier molecular flexibility index (Phi) is 7.14. The first-order valence-electron chi connectivity index (χ1n) is 9.82. The van der Waals surface area contributed by atoms with Gasteiger partial charge in [-0.2, -0.15) is 0 Å². The molecule has 0 aliphatic carbocycles. The van der Waals surface area contributed by atoms with Crippen molar-refractivity contribution in [3.8, 4) is 0 Å². The highest BCUT2D eigenvalue weighted by molar-refractivity contribution is 5.83. The van der Waals surface area contributed by atoms with Crippen LogP contribution in [0.2, 0.25) is 0 Å². The number of carbonyl (C=O) groups is 1. The highest BCUT2D eigenvalue weighted by Crippen LogP contribution is 2.40. The third-order valence-corrected chi connectivity index (χ3v) is 5.66. The van der Waals surface area contributed by atoms with E-state index in [2.05, 4.69) is 69.2 Å². The average molecular weight is 353 g/mol. The van der Waals surface area contributed by atoms with Crippen molar-refractivity contribution in [3.05, 3.63) is 11.5 Å². The van der Waals surface area contributed by atoms with Crippen molar-refractivity contribution in [1.29, 1.82) is 0 Å². The van der Waals surface area contributed by atoms with Gasteiger partial charge in [-0.1, -0.05) is 55.4 Å². The van der Waals surface area contributed by atoms with Gasteiger partial charge in [-0.05, 0) is 31.6 Å². The molecule has 1 rings (SSSR count). The van der Waals surface area contributed by atoms with E-state index >= 15 is 0 Å². The molecule has 1 heterocycles. The molecule has 0 radical (unpaired) electrons. The molecule has 2 unspecified atom stereocenters. The van der Waals surface area contributed by atoms with Crippen LogP contribution < -0.4 is 5.73 Å². The van der Waals surface area contributed by atoms with Gasteiger partial charge in [-0.15, -0.1) is 0 Å². The first kappa shape index (κ1) is 22.0. The summed E-state index contributed by atoms with van der Waals surface area (Å²) in [7, 11) is 0. The number of rotatable bonds is 6. The molecule has 0 bridgehead atoms. The molecule has 0 aromatic carbocycles. The Morgan fingerprint density at radius 3 is 1.88 bits per heavy atom. The number of allylic oxidation sites excluding steroid dienone is 2. The van der Waals surface area contributed by atoms with E-state index in [0.717, 1.165) is 11.5 Å². The summed E-state index contributed by atoms with van der Waals surface area (Å²) < 4.78 is 6.52. The highest BCUT2D eigenvalue weighted by atomic mass is 16.5. The number of hydrogen-bond donors (Lipinski definition) is 1. The zero-order valence-corrected chi connectivity index (χ0v) is 18.0. The summed E-state index contributed by atoms with van der Waals surface area (Å²) in [6.45, 7) is 21.7. The zero-order valence-electron chi connectivity index (χ0n) is 18.0. The van der Waals surface area contributed by atoms with Crippen LogP contribution in [-0.2, 0) is 9.53 Å². The van der Waals surface area contributed by atoms with Gasteiger partial charge in [-0.25, -0.2) is 0 Å². The van der Waals surface area contributed by atoms with Gasteiger partial charge in [0.25, 0.3) is 0 Å². The summed E-state index contributed by atoms with van der Waals surface area (Å²) in [5.41, 5.74) is 6.79. The van der Waals surface area contributed by atoms with Crippen LogP contribution in [0.15, 0.2) is 11.5 Å². The van der Waals surface area contributed by atoms with Crippen molar-refractivity contribution in [1.82, 2.24) is 4.90 Å². The molecule has 1 aliphatic rings. The van der Waals surface area contributed by atoms with Crippen LogP contribution in [0.25, 0.3) is 0 Å². The van der Waals surface area contributed by atoms with Crippen LogP contribution in [0.5, 0.6) is 0 Å². The summed E-state index contributed by atoms with van der Waals surface area (Å²) in [6.07, 6.45) is -0.184. The van der Waals surface area contributed by atoms with Crippen LogP contribution in [0.4, 0.5) is 0 Å². The molecule has 0 aromatic heterocycles. The minimum Gasteiger partial charge on any atom is -0.492 e. The molecule has 1 amide bonds. The topological polar surface area (TPSA) is 55.6 Å². The summed E-state index contributed by atoms with van der Waals surface area (Å²) >= 11 is 0. The van der Waals surface area contributed by atoms with E-state index in [1.807, 2.05) is 4.90 Å². The lowest BCUT2D eigenvalue weighted by molar-refractivity contribution is -0.142. The van der Waals surface area contributed by atoms with Gasteiger partial charge in [0.2, 0.25) is 5.91 Å². The van der Waals surface area contributed by atoms with E-state index in [1.54, 1.807) is 0 Å². The molecule has 25 heavy (non-hydrogen) atoms. The average Bonchev–Trinajstić information content (AvgIpc) is 2.61. The standard InChI is InChI=1S/C21H40N2O2/c1-12(2)17-19(14(5)6)25-18(13(3)4)16(11-22)20(24)23(17)21(9,10)15(7)8/h12-16,18H,11,22H2,1-10H3. The minimum absolute atomic E-state index is 0.110. The van der Waals surface area contributed by atoms with Gasteiger partial charge in [0, 0.05) is 18.0 Å². The first-order chi connectivity index (χ1) is 11.4. The molecule has 2 N–H and O–H groups in total. The van der Waals surface area contributed by atoms with Crippen LogP contribution >= 0.6 is 0 Å². The van der Waals surface area contributed by atoms with Gasteiger partial charge in [-0.3, -0.25) is 4.79 Å². The molecule has 4 nitrogen and oxygen atoms in total. The fraction of sp³-hybridized carbons (Fsp3) is 0.857. The zero-order chi connectivity index (χ0) is 19.7. The van der Waals surface area contributed by atoms with E-state index < -0.39 is 0 Å². The van der Waals surface area contributed by atoms with E-state index in [0.29, 0.717) is 12.5 Å². The van der Waals surface area contributed by atoms with Gasteiger partial charge >= 0.3 is 0 Å². The van der Waals surface area contributed by atoms with E-state index in [1.165, 1.54) is 0 Å². The summed E-state index contributed by atoms with van der Waals surface area (Å²) in [4.78, 5) is 15.7. The summed E-state index contributed by atoms with van der Waals surface area (Å²) in [5, 5.41) is 0. The highest BCUT2D eigenvalue weighted by Gasteiger charge is 2.47. The predicted octanol–water partition coefficient (Wildman–Crippen LogP) is 4.40. The Morgan fingerprint density at radius 1 is 1.04 bits per heavy atom. The molecule has 0 aromatic rings. The van der Waals surface area contributed by atoms with E-state index in [-0.39, 0.29) is 41.2 Å². The molecule has 0 spiro atoms. The second kappa shape index (κ2) is 8.11. The maximum absolute atomic E-state index is 13.7. The maximum atomic E-state index is 13.7. The number of nitrogens with two attached hydrogens (primary N) is 1. The summed E-state index contributed by atoms with van der Waals surface area (Å²) in [5.74, 6) is 1.69. The van der Waals surface area contributed by atoms with Crippen LogP contribution in [0.3, 0.4) is 0 Å².